The molecule has 148 valence electrons. The number of halogens is 1. The van der Waals surface area contributed by atoms with E-state index in [-0.39, 0.29) is 16.4 Å². The number of amides is 1. The minimum atomic E-state index is -0.540. The summed E-state index contributed by atoms with van der Waals surface area (Å²) in [5.41, 5.74) is 1.39. The Balaban J connectivity index is 1.74. The number of thiazole rings is 1. The fourth-order valence-corrected chi connectivity index (χ4v) is 3.62. The number of anilines is 1. The molecule has 4 rings (SSSR count). The number of benzene rings is 3. The van der Waals surface area contributed by atoms with E-state index < -0.39 is 16.6 Å². The Hall–Kier alpha value is -3.98. The van der Waals surface area contributed by atoms with E-state index in [4.69, 9.17) is 0 Å². The number of hydrogen-bond donors (Lipinski definition) is 0. The standard InChI is InChI=1S/C21H13FN4O3S/c22-16-8-11-18-19(12-16)30-21(24-18)25(23-13-14-4-2-1-3-5-14)20(27)15-6-9-17(10-7-15)26(28)29/h1-13H/b23-13+. The molecule has 30 heavy (non-hydrogen) atoms. The number of nitrogens with zero attached hydrogens (tertiary/aromatic N) is 4. The molecule has 4 aromatic rings. The first-order valence-electron chi connectivity index (χ1n) is 8.75. The van der Waals surface area contributed by atoms with Crippen molar-refractivity contribution in [3.05, 3.63) is 99.9 Å². The molecule has 0 aliphatic carbocycles. The van der Waals surface area contributed by atoms with Crippen LogP contribution in [0.4, 0.5) is 15.2 Å². The van der Waals surface area contributed by atoms with Crippen molar-refractivity contribution >= 4 is 44.5 Å². The van der Waals surface area contributed by atoms with Crippen molar-refractivity contribution in [2.45, 2.75) is 0 Å². The molecule has 0 N–H and O–H groups in total. The molecular formula is C21H13FN4O3S. The molecule has 0 saturated heterocycles. The van der Waals surface area contributed by atoms with Crippen LogP contribution in [0.2, 0.25) is 0 Å². The van der Waals surface area contributed by atoms with E-state index in [0.717, 1.165) is 21.9 Å². The summed E-state index contributed by atoms with van der Waals surface area (Å²) < 4.78 is 14.1. The van der Waals surface area contributed by atoms with Gasteiger partial charge in [0.05, 0.1) is 21.4 Å². The van der Waals surface area contributed by atoms with Crippen molar-refractivity contribution in [2.24, 2.45) is 5.10 Å². The van der Waals surface area contributed by atoms with E-state index in [1.165, 1.54) is 48.7 Å². The van der Waals surface area contributed by atoms with Crippen LogP contribution in [0.1, 0.15) is 15.9 Å². The van der Waals surface area contributed by atoms with Crippen molar-refractivity contribution in [1.82, 2.24) is 4.98 Å². The number of nitro groups is 1. The largest absolute Gasteiger partial charge is 0.280 e. The SMILES string of the molecule is O=C(c1ccc([N+](=O)[O-])cc1)N(/N=C/c1ccccc1)c1nc2ccc(F)cc2s1. The first-order chi connectivity index (χ1) is 14.5. The maximum atomic E-state index is 13.6. The van der Waals surface area contributed by atoms with Gasteiger partial charge >= 0.3 is 0 Å². The minimum absolute atomic E-state index is 0.124. The van der Waals surface area contributed by atoms with Crippen molar-refractivity contribution in [1.29, 1.82) is 0 Å². The molecule has 0 aliphatic rings. The predicted molar refractivity (Wildman–Crippen MR) is 114 cm³/mol. The zero-order chi connectivity index (χ0) is 21.1. The fourth-order valence-electron chi connectivity index (χ4n) is 2.68. The number of nitro benzene ring substituents is 1. The van der Waals surface area contributed by atoms with Crippen LogP contribution in [0.15, 0.2) is 77.9 Å². The van der Waals surface area contributed by atoms with Gasteiger partial charge in [0, 0.05) is 17.7 Å². The molecule has 0 atom stereocenters. The normalized spacial score (nSPS) is 11.1. The molecule has 9 heteroatoms. The number of hydrazone groups is 1. The van der Waals surface area contributed by atoms with Gasteiger partial charge < -0.3 is 0 Å². The Morgan fingerprint density at radius 2 is 1.83 bits per heavy atom. The molecule has 1 aromatic heterocycles. The lowest BCUT2D eigenvalue weighted by molar-refractivity contribution is -0.384. The highest BCUT2D eigenvalue weighted by Gasteiger charge is 2.22. The number of fused-ring (bicyclic) bond motifs is 1. The fraction of sp³-hybridized carbons (Fsp3) is 0. The second kappa shape index (κ2) is 8.18. The smallest absolute Gasteiger partial charge is 0.267 e. The summed E-state index contributed by atoms with van der Waals surface area (Å²) in [6.07, 6.45) is 1.51. The van der Waals surface area contributed by atoms with Crippen LogP contribution in [0.25, 0.3) is 10.2 Å². The highest BCUT2D eigenvalue weighted by atomic mass is 32.1. The zero-order valence-corrected chi connectivity index (χ0v) is 16.1. The van der Waals surface area contributed by atoms with Crippen molar-refractivity contribution in [2.75, 3.05) is 5.01 Å². The summed E-state index contributed by atoms with van der Waals surface area (Å²) in [6, 6.07) is 18.6. The topological polar surface area (TPSA) is 88.7 Å². The third kappa shape index (κ3) is 4.06. The van der Waals surface area contributed by atoms with Crippen molar-refractivity contribution < 1.29 is 14.1 Å². The average molecular weight is 420 g/mol. The molecule has 1 heterocycles. The van der Waals surface area contributed by atoms with E-state index in [1.54, 1.807) is 0 Å². The maximum absolute atomic E-state index is 13.6. The molecular weight excluding hydrogens is 407 g/mol. The van der Waals surface area contributed by atoms with Gasteiger partial charge in [0.1, 0.15) is 5.82 Å². The van der Waals surface area contributed by atoms with Crippen LogP contribution >= 0.6 is 11.3 Å². The van der Waals surface area contributed by atoms with Gasteiger partial charge in [0.2, 0.25) is 5.13 Å². The Morgan fingerprint density at radius 1 is 1.10 bits per heavy atom. The maximum Gasteiger partial charge on any atom is 0.280 e. The first kappa shape index (κ1) is 19.3. The Kier molecular flexibility index (Phi) is 5.27. The van der Waals surface area contributed by atoms with Gasteiger partial charge in [-0.2, -0.15) is 10.1 Å². The second-order valence-corrected chi connectivity index (χ2v) is 7.19. The highest BCUT2D eigenvalue weighted by Crippen LogP contribution is 2.30. The van der Waals surface area contributed by atoms with Crippen molar-refractivity contribution in [3.8, 4) is 0 Å². The molecule has 0 spiro atoms. The molecule has 0 saturated carbocycles. The number of hydrogen-bond acceptors (Lipinski definition) is 6. The van der Waals surface area contributed by atoms with E-state index in [0.29, 0.717) is 10.2 Å². The van der Waals surface area contributed by atoms with Gasteiger partial charge in [-0.3, -0.25) is 14.9 Å². The summed E-state index contributed by atoms with van der Waals surface area (Å²) in [4.78, 5) is 27.9. The van der Waals surface area contributed by atoms with Gasteiger partial charge in [-0.25, -0.2) is 9.37 Å². The molecule has 0 fully saturated rings. The Morgan fingerprint density at radius 3 is 2.53 bits per heavy atom. The third-order valence-electron chi connectivity index (χ3n) is 4.16. The third-order valence-corrected chi connectivity index (χ3v) is 5.15. The summed E-state index contributed by atoms with van der Waals surface area (Å²) in [7, 11) is 0. The van der Waals surface area contributed by atoms with Gasteiger partial charge in [-0.05, 0) is 35.9 Å². The zero-order valence-electron chi connectivity index (χ0n) is 15.3. The van der Waals surface area contributed by atoms with Gasteiger partial charge in [-0.1, -0.05) is 41.7 Å². The van der Waals surface area contributed by atoms with Gasteiger partial charge in [0.25, 0.3) is 11.6 Å². The van der Waals surface area contributed by atoms with Crippen molar-refractivity contribution in [3.63, 3.8) is 0 Å². The second-order valence-electron chi connectivity index (χ2n) is 6.18. The van der Waals surface area contributed by atoms with Crippen LogP contribution in [0.3, 0.4) is 0 Å². The predicted octanol–water partition coefficient (Wildman–Crippen LogP) is 5.02. The molecule has 0 bridgehead atoms. The van der Waals surface area contributed by atoms with Crippen LogP contribution in [-0.4, -0.2) is 22.0 Å². The Labute approximate surface area is 173 Å². The number of aromatic nitrogens is 1. The van der Waals surface area contributed by atoms with Crippen LogP contribution < -0.4 is 5.01 Å². The van der Waals surface area contributed by atoms with Crippen LogP contribution in [-0.2, 0) is 0 Å². The minimum Gasteiger partial charge on any atom is -0.267 e. The van der Waals surface area contributed by atoms with E-state index in [9.17, 15) is 19.3 Å². The monoisotopic (exact) mass is 420 g/mol. The lowest BCUT2D eigenvalue weighted by Gasteiger charge is -2.13. The highest BCUT2D eigenvalue weighted by molar-refractivity contribution is 7.22. The average Bonchev–Trinajstić information content (AvgIpc) is 3.17. The van der Waals surface area contributed by atoms with Crippen LogP contribution in [0, 0.1) is 15.9 Å². The molecule has 1 amide bonds. The van der Waals surface area contributed by atoms with Gasteiger partial charge in [-0.15, -0.1) is 0 Å². The molecule has 0 aliphatic heterocycles. The first-order valence-corrected chi connectivity index (χ1v) is 9.57. The Bertz CT molecular complexity index is 1260. The lowest BCUT2D eigenvalue weighted by atomic mass is 10.2. The molecule has 0 unspecified atom stereocenters. The summed E-state index contributed by atoms with van der Waals surface area (Å²) in [6.45, 7) is 0. The van der Waals surface area contributed by atoms with E-state index in [1.807, 2.05) is 30.3 Å². The van der Waals surface area contributed by atoms with E-state index >= 15 is 0 Å². The summed E-state index contributed by atoms with van der Waals surface area (Å²) in [5.74, 6) is -0.921. The molecule has 7 nitrogen and oxygen atoms in total. The summed E-state index contributed by atoms with van der Waals surface area (Å²) >= 11 is 1.12. The lowest BCUT2D eigenvalue weighted by Crippen LogP contribution is -2.25. The van der Waals surface area contributed by atoms with E-state index in [2.05, 4.69) is 10.1 Å². The number of carbonyl (C=O) groups is 1. The molecule has 0 radical (unpaired) electrons. The van der Waals surface area contributed by atoms with Crippen LogP contribution in [0.5, 0.6) is 0 Å². The number of non-ortho nitro benzene ring substituents is 1. The summed E-state index contributed by atoms with van der Waals surface area (Å²) in [5, 5.41) is 16.5. The quantitative estimate of drug-likeness (QED) is 0.257. The molecule has 3 aromatic carbocycles. The number of carbonyl (C=O) groups excluding carboxylic acids is 1. The van der Waals surface area contributed by atoms with Gasteiger partial charge in [0.15, 0.2) is 0 Å². The number of rotatable bonds is 5.